The lowest BCUT2D eigenvalue weighted by Crippen LogP contribution is -2.31. The maximum atomic E-state index is 13.2. The van der Waals surface area contributed by atoms with E-state index in [0.29, 0.717) is 11.3 Å². The van der Waals surface area contributed by atoms with Gasteiger partial charge in [0.1, 0.15) is 5.75 Å². The summed E-state index contributed by atoms with van der Waals surface area (Å²) in [6.07, 6.45) is -3.29. The van der Waals surface area contributed by atoms with Gasteiger partial charge in [-0.25, -0.2) is 4.79 Å². The minimum atomic E-state index is -4.61. The van der Waals surface area contributed by atoms with Gasteiger partial charge in [-0.15, -0.1) is 0 Å². The van der Waals surface area contributed by atoms with Crippen LogP contribution in [0.4, 0.5) is 18.9 Å². The van der Waals surface area contributed by atoms with E-state index >= 15 is 0 Å². The molecule has 0 heterocycles. The first-order valence-electron chi connectivity index (χ1n) is 11.2. The number of rotatable bonds is 8. The minimum absolute atomic E-state index is 0.130. The third-order valence-corrected chi connectivity index (χ3v) is 5.23. The summed E-state index contributed by atoms with van der Waals surface area (Å²) in [4.78, 5) is 25.2. The van der Waals surface area contributed by atoms with Crippen molar-refractivity contribution in [1.29, 1.82) is 0 Å². The molecule has 0 aliphatic carbocycles. The first kappa shape index (κ1) is 25.4. The average molecular weight is 506 g/mol. The Hall–Kier alpha value is -4.66. The quantitative estimate of drug-likeness (QED) is 0.171. The molecule has 4 aromatic carbocycles. The number of halogens is 3. The number of carbonyl (C=O) groups is 2. The molecule has 188 valence electrons. The standard InChI is InChI=1S/C28H21F3N2O4/c29-28(30,31)22-12-7-13-23(16-22)33(32-17-20-8-2-1-3-9-20)26(34)18-37-27(35)19-36-25-15-6-11-21-10-4-5-14-24(21)25/h1-17H,18-19H2/b32-17+. The molecule has 0 N–H and O–H groups in total. The predicted octanol–water partition coefficient (Wildman–Crippen LogP) is 5.85. The van der Waals surface area contributed by atoms with E-state index in [1.54, 1.807) is 42.5 Å². The van der Waals surface area contributed by atoms with Crippen molar-refractivity contribution in [3.8, 4) is 5.75 Å². The Morgan fingerprint density at radius 3 is 2.32 bits per heavy atom. The van der Waals surface area contributed by atoms with Gasteiger partial charge in [0.2, 0.25) is 0 Å². The van der Waals surface area contributed by atoms with Crippen molar-refractivity contribution in [2.45, 2.75) is 6.18 Å². The van der Waals surface area contributed by atoms with E-state index in [2.05, 4.69) is 5.10 Å². The van der Waals surface area contributed by atoms with E-state index < -0.39 is 36.8 Å². The molecule has 0 aromatic heterocycles. The third-order valence-electron chi connectivity index (χ3n) is 5.23. The highest BCUT2D eigenvalue weighted by molar-refractivity contribution is 5.97. The van der Waals surface area contributed by atoms with Crippen molar-refractivity contribution < 1.29 is 32.2 Å². The van der Waals surface area contributed by atoms with Crippen LogP contribution in [-0.2, 0) is 20.5 Å². The number of anilines is 1. The SMILES string of the molecule is O=C(COc1cccc2ccccc12)OCC(=O)N(/N=C/c1ccccc1)c1cccc(C(F)(F)F)c1. The fraction of sp³-hybridized carbons (Fsp3) is 0.107. The van der Waals surface area contributed by atoms with Crippen LogP contribution in [0.2, 0.25) is 0 Å². The van der Waals surface area contributed by atoms with Crippen molar-refractivity contribution in [2.24, 2.45) is 5.10 Å². The number of carbonyl (C=O) groups excluding carboxylic acids is 2. The molecule has 0 saturated carbocycles. The maximum absolute atomic E-state index is 13.2. The molecular weight excluding hydrogens is 485 g/mol. The van der Waals surface area contributed by atoms with Gasteiger partial charge in [-0.05, 0) is 35.2 Å². The zero-order valence-electron chi connectivity index (χ0n) is 19.4. The van der Waals surface area contributed by atoms with Crippen molar-refractivity contribution in [1.82, 2.24) is 0 Å². The molecular formula is C28H21F3N2O4. The number of hydrogen-bond donors (Lipinski definition) is 0. The lowest BCUT2D eigenvalue weighted by atomic mass is 10.1. The number of esters is 1. The molecule has 0 unspecified atom stereocenters. The zero-order chi connectivity index (χ0) is 26.3. The van der Waals surface area contributed by atoms with E-state index in [1.807, 2.05) is 30.3 Å². The lowest BCUT2D eigenvalue weighted by Gasteiger charge is -2.18. The molecule has 0 radical (unpaired) electrons. The number of benzene rings is 4. The van der Waals surface area contributed by atoms with Crippen molar-refractivity contribution in [2.75, 3.05) is 18.2 Å². The zero-order valence-corrected chi connectivity index (χ0v) is 19.4. The Balaban J connectivity index is 1.45. The second kappa shape index (κ2) is 11.4. The molecule has 0 saturated heterocycles. The van der Waals surface area contributed by atoms with Gasteiger partial charge in [0.05, 0.1) is 17.5 Å². The van der Waals surface area contributed by atoms with Gasteiger partial charge in [0, 0.05) is 5.39 Å². The summed E-state index contributed by atoms with van der Waals surface area (Å²) < 4.78 is 50.3. The molecule has 0 atom stereocenters. The lowest BCUT2D eigenvalue weighted by molar-refractivity contribution is -0.149. The summed E-state index contributed by atoms with van der Waals surface area (Å²) in [6, 6.07) is 25.7. The van der Waals surface area contributed by atoms with E-state index in [4.69, 9.17) is 9.47 Å². The second-order valence-electron chi connectivity index (χ2n) is 7.84. The normalized spacial score (nSPS) is 11.4. The number of hydrazone groups is 1. The number of amides is 1. The molecule has 0 aliphatic heterocycles. The Morgan fingerprint density at radius 2 is 1.54 bits per heavy atom. The average Bonchev–Trinajstić information content (AvgIpc) is 2.91. The summed E-state index contributed by atoms with van der Waals surface area (Å²) >= 11 is 0. The summed E-state index contributed by atoms with van der Waals surface area (Å²) in [5.41, 5.74) is -0.457. The van der Waals surface area contributed by atoms with Crippen LogP contribution in [-0.4, -0.2) is 31.3 Å². The molecule has 0 fully saturated rings. The first-order chi connectivity index (χ1) is 17.8. The Labute approximate surface area is 210 Å². The number of fused-ring (bicyclic) bond motifs is 1. The van der Waals surface area contributed by atoms with E-state index in [1.165, 1.54) is 18.3 Å². The smallest absolute Gasteiger partial charge is 0.416 e. The van der Waals surface area contributed by atoms with Crippen LogP contribution < -0.4 is 9.75 Å². The second-order valence-corrected chi connectivity index (χ2v) is 7.84. The van der Waals surface area contributed by atoms with Crippen LogP contribution in [0.3, 0.4) is 0 Å². The largest absolute Gasteiger partial charge is 0.481 e. The molecule has 0 bridgehead atoms. The summed E-state index contributed by atoms with van der Waals surface area (Å²) in [5.74, 6) is -1.19. The van der Waals surface area contributed by atoms with Crippen LogP contribution in [0, 0.1) is 0 Å². The van der Waals surface area contributed by atoms with Gasteiger partial charge in [-0.3, -0.25) is 4.79 Å². The van der Waals surface area contributed by atoms with Crippen molar-refractivity contribution in [3.63, 3.8) is 0 Å². The Kier molecular flexibility index (Phi) is 7.83. The topological polar surface area (TPSA) is 68.2 Å². The number of alkyl halides is 3. The fourth-order valence-corrected chi connectivity index (χ4v) is 3.46. The van der Waals surface area contributed by atoms with E-state index in [0.717, 1.165) is 27.9 Å². The molecule has 6 nitrogen and oxygen atoms in total. The molecule has 9 heteroatoms. The monoisotopic (exact) mass is 506 g/mol. The van der Waals surface area contributed by atoms with Gasteiger partial charge in [-0.1, -0.05) is 72.8 Å². The van der Waals surface area contributed by atoms with Gasteiger partial charge < -0.3 is 9.47 Å². The summed E-state index contributed by atoms with van der Waals surface area (Å²) in [7, 11) is 0. The Bertz CT molecular complexity index is 1420. The highest BCUT2D eigenvalue weighted by atomic mass is 19.4. The van der Waals surface area contributed by atoms with Gasteiger partial charge in [-0.2, -0.15) is 23.3 Å². The van der Waals surface area contributed by atoms with E-state index in [9.17, 15) is 22.8 Å². The van der Waals surface area contributed by atoms with Gasteiger partial charge >= 0.3 is 12.1 Å². The minimum Gasteiger partial charge on any atom is -0.481 e. The third kappa shape index (κ3) is 6.72. The van der Waals surface area contributed by atoms with Crippen LogP contribution in [0.25, 0.3) is 10.8 Å². The van der Waals surface area contributed by atoms with Gasteiger partial charge in [0.25, 0.3) is 5.91 Å². The van der Waals surface area contributed by atoms with E-state index in [-0.39, 0.29) is 5.69 Å². The molecule has 4 rings (SSSR count). The van der Waals surface area contributed by atoms with Crippen LogP contribution in [0.15, 0.2) is 102 Å². The number of hydrogen-bond acceptors (Lipinski definition) is 5. The Morgan fingerprint density at radius 1 is 0.838 bits per heavy atom. The fourth-order valence-electron chi connectivity index (χ4n) is 3.46. The first-order valence-corrected chi connectivity index (χ1v) is 11.2. The number of ether oxygens (including phenoxy) is 2. The van der Waals surface area contributed by atoms with Crippen LogP contribution in [0.1, 0.15) is 11.1 Å². The van der Waals surface area contributed by atoms with Crippen LogP contribution >= 0.6 is 0 Å². The predicted molar refractivity (Wildman–Crippen MR) is 133 cm³/mol. The maximum Gasteiger partial charge on any atom is 0.416 e. The molecule has 0 spiro atoms. The number of nitrogens with zero attached hydrogens (tertiary/aromatic N) is 2. The molecule has 1 amide bonds. The van der Waals surface area contributed by atoms with Gasteiger partial charge in [0.15, 0.2) is 13.2 Å². The van der Waals surface area contributed by atoms with Crippen molar-refractivity contribution >= 4 is 34.6 Å². The molecule has 4 aromatic rings. The van der Waals surface area contributed by atoms with Crippen molar-refractivity contribution in [3.05, 3.63) is 108 Å². The summed E-state index contributed by atoms with van der Waals surface area (Å²) in [5, 5.41) is 6.56. The highest BCUT2D eigenvalue weighted by Crippen LogP contribution is 2.32. The highest BCUT2D eigenvalue weighted by Gasteiger charge is 2.31. The van der Waals surface area contributed by atoms with Crippen LogP contribution in [0.5, 0.6) is 5.75 Å². The molecule has 37 heavy (non-hydrogen) atoms. The molecule has 0 aliphatic rings. The summed E-state index contributed by atoms with van der Waals surface area (Å²) in [6.45, 7) is -1.21.